The highest BCUT2D eigenvalue weighted by atomic mass is 16.5. The Balaban J connectivity index is 2.32. The molecule has 0 aliphatic carbocycles. The molecule has 0 radical (unpaired) electrons. The molecule has 0 aliphatic rings. The number of carbonyl (C=O) groups is 1. The van der Waals surface area contributed by atoms with E-state index in [1.807, 2.05) is 6.07 Å². The molecule has 6 nitrogen and oxygen atoms in total. The van der Waals surface area contributed by atoms with Gasteiger partial charge in [-0.3, -0.25) is 4.79 Å². The maximum Gasteiger partial charge on any atom is 0.267 e. The predicted molar refractivity (Wildman–Crippen MR) is 149 cm³/mol. The first-order valence-electron chi connectivity index (χ1n) is 13.7. The van der Waals surface area contributed by atoms with E-state index in [0.717, 1.165) is 56.0 Å². The average Bonchev–Trinajstić information content (AvgIpc) is 3.28. The molecule has 0 atom stereocenters. The second-order valence-corrected chi connectivity index (χ2v) is 10.3. The summed E-state index contributed by atoms with van der Waals surface area (Å²) in [6.45, 7) is 21.2. The molecule has 2 aromatic rings. The van der Waals surface area contributed by atoms with Crippen molar-refractivity contribution in [2.24, 2.45) is 0 Å². The lowest BCUT2D eigenvalue weighted by molar-refractivity contribution is 0.0552. The topological polar surface area (TPSA) is 66.7 Å². The summed E-state index contributed by atoms with van der Waals surface area (Å²) in [7, 11) is 0. The number of amides is 1. The number of aryl methyl sites for hydroxylation is 1. The van der Waals surface area contributed by atoms with Crippen LogP contribution in [-0.2, 0) is 12.0 Å². The lowest BCUT2D eigenvalue weighted by atomic mass is 9.72. The van der Waals surface area contributed by atoms with Crippen molar-refractivity contribution in [1.82, 2.24) is 14.8 Å². The molecule has 0 bridgehead atoms. The number of aromatic nitrogens is 1. The molecule has 1 heterocycles. The van der Waals surface area contributed by atoms with Crippen LogP contribution >= 0.6 is 0 Å². The van der Waals surface area contributed by atoms with Gasteiger partial charge < -0.3 is 24.6 Å². The first-order valence-corrected chi connectivity index (χ1v) is 13.7. The van der Waals surface area contributed by atoms with Crippen LogP contribution in [0.15, 0.2) is 30.3 Å². The summed E-state index contributed by atoms with van der Waals surface area (Å²) in [6.07, 6.45) is 2.43. The van der Waals surface area contributed by atoms with Crippen molar-refractivity contribution in [3.63, 3.8) is 0 Å². The van der Waals surface area contributed by atoms with Gasteiger partial charge in [-0.25, -0.2) is 0 Å². The number of ether oxygens (including phenoxy) is 1. The maximum atomic E-state index is 13.1. The van der Waals surface area contributed by atoms with Gasteiger partial charge in [-0.2, -0.15) is 0 Å². The van der Waals surface area contributed by atoms with Crippen LogP contribution in [0.1, 0.15) is 95.0 Å². The van der Waals surface area contributed by atoms with Crippen LogP contribution in [0.5, 0.6) is 5.75 Å². The number of benzene rings is 1. The summed E-state index contributed by atoms with van der Waals surface area (Å²) in [5, 5.41) is 13.1. The zero-order valence-electron chi connectivity index (χ0n) is 23.9. The van der Waals surface area contributed by atoms with Crippen molar-refractivity contribution in [2.45, 2.75) is 92.2 Å². The Labute approximate surface area is 219 Å². The monoisotopic (exact) mass is 499 g/mol. The van der Waals surface area contributed by atoms with Crippen LogP contribution in [0.2, 0.25) is 0 Å². The number of carbonyl (C=O) groups excluding carboxylic acids is 1. The molecule has 0 saturated carbocycles. The van der Waals surface area contributed by atoms with Crippen molar-refractivity contribution in [3.05, 3.63) is 52.8 Å². The van der Waals surface area contributed by atoms with E-state index in [0.29, 0.717) is 19.6 Å². The van der Waals surface area contributed by atoms with Gasteiger partial charge in [-0.05, 0) is 83.0 Å². The molecule has 0 unspecified atom stereocenters. The molecule has 0 saturated heterocycles. The Morgan fingerprint density at radius 3 is 2.25 bits per heavy atom. The third-order valence-corrected chi connectivity index (χ3v) is 7.53. The second-order valence-electron chi connectivity index (χ2n) is 10.3. The van der Waals surface area contributed by atoms with Crippen LogP contribution in [0, 0.1) is 6.92 Å². The molecule has 1 amide bonds. The maximum absolute atomic E-state index is 13.1. The van der Waals surface area contributed by atoms with Gasteiger partial charge in [0, 0.05) is 37.2 Å². The molecule has 202 valence electrons. The normalized spacial score (nSPS) is 12.3. The Kier molecular flexibility index (Phi) is 11.0. The standard InChI is InChI=1S/C30H49N3O3/c1-9-30(10-2,24-14-16-26(23(6)22-24)36-21-18-29(7,8)35)27-17-15-25(33(27)13-5)28(34)31-19-20-32(11-3)12-4/h14-17,22,35H,9-13,18-21H2,1-8H3,(H,31,34). The van der Waals surface area contributed by atoms with Crippen LogP contribution < -0.4 is 10.1 Å². The molecule has 2 N–H and O–H groups in total. The summed E-state index contributed by atoms with van der Waals surface area (Å²) < 4.78 is 8.17. The van der Waals surface area contributed by atoms with E-state index in [-0.39, 0.29) is 11.3 Å². The average molecular weight is 500 g/mol. The summed E-state index contributed by atoms with van der Waals surface area (Å²) in [5.41, 5.74) is 3.28. The number of aliphatic hydroxyl groups is 1. The first kappa shape index (κ1) is 29.9. The van der Waals surface area contributed by atoms with Crippen molar-refractivity contribution in [2.75, 3.05) is 32.8 Å². The molecule has 0 aliphatic heterocycles. The Morgan fingerprint density at radius 2 is 1.72 bits per heavy atom. The third kappa shape index (κ3) is 7.13. The summed E-state index contributed by atoms with van der Waals surface area (Å²) in [6, 6.07) is 10.6. The van der Waals surface area contributed by atoms with Crippen molar-refractivity contribution in [1.29, 1.82) is 0 Å². The number of nitrogens with zero attached hydrogens (tertiary/aromatic N) is 2. The van der Waals surface area contributed by atoms with Gasteiger partial charge in [-0.15, -0.1) is 0 Å². The Morgan fingerprint density at radius 1 is 1.06 bits per heavy atom. The summed E-state index contributed by atoms with van der Waals surface area (Å²) in [4.78, 5) is 15.4. The van der Waals surface area contributed by atoms with Crippen molar-refractivity contribution in [3.8, 4) is 5.75 Å². The molecule has 2 rings (SSSR count). The van der Waals surface area contributed by atoms with Crippen LogP contribution in [0.4, 0.5) is 0 Å². The zero-order valence-corrected chi connectivity index (χ0v) is 23.9. The number of hydrogen-bond acceptors (Lipinski definition) is 4. The quantitative estimate of drug-likeness (QED) is 0.338. The van der Waals surface area contributed by atoms with E-state index >= 15 is 0 Å². The molecular weight excluding hydrogens is 450 g/mol. The van der Waals surface area contributed by atoms with E-state index in [1.54, 1.807) is 13.8 Å². The molecular formula is C30H49N3O3. The summed E-state index contributed by atoms with van der Waals surface area (Å²) >= 11 is 0. The number of rotatable bonds is 15. The van der Waals surface area contributed by atoms with E-state index in [4.69, 9.17) is 4.74 Å². The SMILES string of the molecule is CCN(CC)CCNC(=O)c1ccc(C(CC)(CC)c2ccc(OCCC(C)(C)O)c(C)c2)n1CC. The largest absolute Gasteiger partial charge is 0.493 e. The smallest absolute Gasteiger partial charge is 0.267 e. The highest BCUT2D eigenvalue weighted by Crippen LogP contribution is 2.41. The number of likely N-dealkylation sites (N-methyl/N-ethyl adjacent to an activating group) is 1. The van der Waals surface area contributed by atoms with Gasteiger partial charge in [0.05, 0.1) is 12.2 Å². The van der Waals surface area contributed by atoms with Gasteiger partial charge in [0.15, 0.2) is 0 Å². The second kappa shape index (κ2) is 13.3. The fourth-order valence-corrected chi connectivity index (χ4v) is 5.07. The van der Waals surface area contributed by atoms with E-state index in [2.05, 4.69) is 80.6 Å². The van der Waals surface area contributed by atoms with Gasteiger partial charge in [0.1, 0.15) is 11.4 Å². The number of nitrogens with one attached hydrogen (secondary N) is 1. The molecule has 36 heavy (non-hydrogen) atoms. The van der Waals surface area contributed by atoms with E-state index in [1.165, 1.54) is 11.3 Å². The number of hydrogen-bond donors (Lipinski definition) is 2. The Hall–Kier alpha value is -2.31. The highest BCUT2D eigenvalue weighted by Gasteiger charge is 2.35. The lowest BCUT2D eigenvalue weighted by Gasteiger charge is -2.34. The predicted octanol–water partition coefficient (Wildman–Crippen LogP) is 5.53. The fourth-order valence-electron chi connectivity index (χ4n) is 5.07. The van der Waals surface area contributed by atoms with E-state index in [9.17, 15) is 9.90 Å². The molecule has 1 aromatic carbocycles. The van der Waals surface area contributed by atoms with Gasteiger partial charge >= 0.3 is 0 Å². The minimum absolute atomic E-state index is 0.0110. The molecule has 6 heteroatoms. The van der Waals surface area contributed by atoms with Crippen LogP contribution in [0.3, 0.4) is 0 Å². The molecule has 0 fully saturated rings. The molecule has 0 spiro atoms. The van der Waals surface area contributed by atoms with Crippen LogP contribution in [0.25, 0.3) is 0 Å². The minimum atomic E-state index is -0.742. The minimum Gasteiger partial charge on any atom is -0.493 e. The lowest BCUT2D eigenvalue weighted by Crippen LogP contribution is -2.36. The van der Waals surface area contributed by atoms with Crippen LogP contribution in [-0.4, -0.2) is 58.9 Å². The van der Waals surface area contributed by atoms with Gasteiger partial charge in [-0.1, -0.05) is 39.8 Å². The third-order valence-electron chi connectivity index (χ3n) is 7.53. The zero-order chi connectivity index (χ0) is 26.9. The van der Waals surface area contributed by atoms with Gasteiger partial charge in [0.2, 0.25) is 0 Å². The first-order chi connectivity index (χ1) is 17.1. The van der Waals surface area contributed by atoms with Gasteiger partial charge in [0.25, 0.3) is 5.91 Å². The highest BCUT2D eigenvalue weighted by molar-refractivity contribution is 5.93. The van der Waals surface area contributed by atoms with Crippen molar-refractivity contribution < 1.29 is 14.6 Å². The van der Waals surface area contributed by atoms with Crippen molar-refractivity contribution >= 4 is 5.91 Å². The Bertz CT molecular complexity index is 966. The fraction of sp³-hybridized carbons (Fsp3) is 0.633. The molecule has 1 aromatic heterocycles. The van der Waals surface area contributed by atoms with E-state index < -0.39 is 5.60 Å². The summed E-state index contributed by atoms with van der Waals surface area (Å²) in [5.74, 6) is 0.839.